The van der Waals surface area contributed by atoms with E-state index in [2.05, 4.69) is 0 Å². The molecule has 0 amide bonds. The summed E-state index contributed by atoms with van der Waals surface area (Å²) >= 11 is 0. The SMILES string of the molecule is Cc1cc(C)cc(Oc2ccc(C(=O)O)cc2[N+](=O)[O-])c1. The Bertz CT molecular complexity index is 704. The van der Waals surface area contributed by atoms with Gasteiger partial charge in [-0.2, -0.15) is 0 Å². The zero-order valence-corrected chi connectivity index (χ0v) is 11.5. The Morgan fingerprint density at radius 3 is 2.29 bits per heavy atom. The first-order valence-corrected chi connectivity index (χ1v) is 6.14. The lowest BCUT2D eigenvalue weighted by molar-refractivity contribution is -0.385. The monoisotopic (exact) mass is 287 g/mol. The van der Waals surface area contributed by atoms with E-state index < -0.39 is 10.9 Å². The standard InChI is InChI=1S/C15H13NO5/c1-9-5-10(2)7-12(6-9)21-14-4-3-11(15(17)18)8-13(14)16(19)20/h3-8H,1-2H3,(H,17,18). The maximum atomic E-state index is 11.1. The maximum absolute atomic E-state index is 11.1. The van der Waals surface area contributed by atoms with Gasteiger partial charge in [-0.1, -0.05) is 6.07 Å². The van der Waals surface area contributed by atoms with Crippen LogP contribution in [0.1, 0.15) is 21.5 Å². The predicted octanol–water partition coefficient (Wildman–Crippen LogP) is 3.70. The molecule has 21 heavy (non-hydrogen) atoms. The lowest BCUT2D eigenvalue weighted by Crippen LogP contribution is -2.00. The summed E-state index contributed by atoms with van der Waals surface area (Å²) in [4.78, 5) is 21.3. The van der Waals surface area contributed by atoms with Gasteiger partial charge in [-0.25, -0.2) is 4.79 Å². The molecule has 0 aliphatic carbocycles. The molecule has 6 heteroatoms. The third-order valence-electron chi connectivity index (χ3n) is 2.83. The quantitative estimate of drug-likeness (QED) is 0.684. The van der Waals surface area contributed by atoms with Gasteiger partial charge in [0.25, 0.3) is 0 Å². The largest absolute Gasteiger partial charge is 0.478 e. The number of carbonyl (C=O) groups is 1. The highest BCUT2D eigenvalue weighted by atomic mass is 16.6. The summed E-state index contributed by atoms with van der Waals surface area (Å²) in [5, 5.41) is 19.9. The molecule has 0 bridgehead atoms. The van der Waals surface area contributed by atoms with Crippen molar-refractivity contribution in [2.24, 2.45) is 0 Å². The van der Waals surface area contributed by atoms with Crippen LogP contribution in [-0.4, -0.2) is 16.0 Å². The number of nitrogens with zero attached hydrogens (tertiary/aromatic N) is 1. The fourth-order valence-corrected chi connectivity index (χ4v) is 2.00. The first-order chi connectivity index (χ1) is 9.86. The van der Waals surface area contributed by atoms with Gasteiger partial charge in [0.05, 0.1) is 10.5 Å². The Kier molecular flexibility index (Phi) is 3.89. The number of aryl methyl sites for hydroxylation is 2. The first-order valence-electron chi connectivity index (χ1n) is 6.14. The van der Waals surface area contributed by atoms with Crippen LogP contribution in [0.25, 0.3) is 0 Å². The molecule has 0 spiro atoms. The molecule has 0 radical (unpaired) electrons. The summed E-state index contributed by atoms with van der Waals surface area (Å²) in [7, 11) is 0. The molecule has 2 aromatic rings. The Morgan fingerprint density at radius 1 is 1.14 bits per heavy atom. The number of nitro benzene ring substituents is 1. The number of hydrogen-bond acceptors (Lipinski definition) is 4. The van der Waals surface area contributed by atoms with Crippen molar-refractivity contribution in [2.75, 3.05) is 0 Å². The second-order valence-corrected chi connectivity index (χ2v) is 4.67. The Labute approximate surface area is 120 Å². The molecule has 1 N–H and O–H groups in total. The van der Waals surface area contributed by atoms with Crippen molar-refractivity contribution in [1.82, 2.24) is 0 Å². The summed E-state index contributed by atoms with van der Waals surface area (Å²) < 4.78 is 5.53. The van der Waals surface area contributed by atoms with Crippen molar-refractivity contribution in [3.8, 4) is 11.5 Å². The number of ether oxygens (including phenoxy) is 1. The minimum atomic E-state index is -1.23. The smallest absolute Gasteiger partial charge is 0.335 e. The van der Waals surface area contributed by atoms with Gasteiger partial charge < -0.3 is 9.84 Å². The zero-order chi connectivity index (χ0) is 15.6. The second-order valence-electron chi connectivity index (χ2n) is 4.67. The van der Waals surface area contributed by atoms with E-state index in [9.17, 15) is 14.9 Å². The maximum Gasteiger partial charge on any atom is 0.335 e. The van der Waals surface area contributed by atoms with Crippen LogP contribution in [0.4, 0.5) is 5.69 Å². The van der Waals surface area contributed by atoms with Gasteiger partial charge in [0.2, 0.25) is 5.75 Å². The molecule has 0 saturated carbocycles. The fourth-order valence-electron chi connectivity index (χ4n) is 2.00. The van der Waals surface area contributed by atoms with Gasteiger partial charge in [0.1, 0.15) is 5.75 Å². The first kappa shape index (κ1) is 14.5. The number of aromatic carboxylic acids is 1. The molecule has 108 valence electrons. The summed E-state index contributed by atoms with van der Waals surface area (Å²) in [6.07, 6.45) is 0. The van der Waals surface area contributed by atoms with Crippen molar-refractivity contribution in [3.05, 3.63) is 63.2 Å². The predicted molar refractivity (Wildman–Crippen MR) is 76.0 cm³/mol. The molecule has 2 rings (SSSR count). The highest BCUT2D eigenvalue weighted by Crippen LogP contribution is 2.32. The molecule has 0 unspecified atom stereocenters. The molecular formula is C15H13NO5. The van der Waals surface area contributed by atoms with Crippen molar-refractivity contribution >= 4 is 11.7 Å². The van der Waals surface area contributed by atoms with E-state index in [-0.39, 0.29) is 17.0 Å². The summed E-state index contributed by atoms with van der Waals surface area (Å²) in [5.41, 5.74) is 1.40. The highest BCUT2D eigenvalue weighted by molar-refractivity contribution is 5.88. The van der Waals surface area contributed by atoms with E-state index >= 15 is 0 Å². The summed E-state index contributed by atoms with van der Waals surface area (Å²) in [6.45, 7) is 3.78. The minimum Gasteiger partial charge on any atom is -0.478 e. The average Bonchev–Trinajstić information content (AvgIpc) is 2.37. The average molecular weight is 287 g/mol. The third-order valence-corrected chi connectivity index (χ3v) is 2.83. The molecule has 0 heterocycles. The lowest BCUT2D eigenvalue weighted by atomic mass is 10.1. The molecule has 0 aromatic heterocycles. The topological polar surface area (TPSA) is 89.7 Å². The molecule has 0 aliphatic heterocycles. The van der Waals surface area contributed by atoms with Crippen LogP contribution in [0.15, 0.2) is 36.4 Å². The van der Waals surface area contributed by atoms with Gasteiger partial charge in [0, 0.05) is 6.07 Å². The van der Waals surface area contributed by atoms with Gasteiger partial charge >= 0.3 is 11.7 Å². The number of hydrogen-bond donors (Lipinski definition) is 1. The van der Waals surface area contributed by atoms with E-state index in [0.29, 0.717) is 5.75 Å². The van der Waals surface area contributed by atoms with E-state index in [1.54, 1.807) is 12.1 Å². The molecule has 0 fully saturated rings. The van der Waals surface area contributed by atoms with E-state index in [4.69, 9.17) is 9.84 Å². The van der Waals surface area contributed by atoms with Crippen molar-refractivity contribution in [1.29, 1.82) is 0 Å². The van der Waals surface area contributed by atoms with Crippen molar-refractivity contribution in [2.45, 2.75) is 13.8 Å². The number of benzene rings is 2. The molecule has 0 aliphatic rings. The van der Waals surface area contributed by atoms with Crippen LogP contribution < -0.4 is 4.74 Å². The Balaban J connectivity index is 2.43. The zero-order valence-electron chi connectivity index (χ0n) is 11.5. The fraction of sp³-hybridized carbons (Fsp3) is 0.133. The second kappa shape index (κ2) is 5.62. The van der Waals surface area contributed by atoms with Crippen LogP contribution in [0, 0.1) is 24.0 Å². The highest BCUT2D eigenvalue weighted by Gasteiger charge is 2.19. The minimum absolute atomic E-state index is 0.00926. The van der Waals surface area contributed by atoms with Gasteiger partial charge in [0.15, 0.2) is 0 Å². The molecule has 0 atom stereocenters. The van der Waals surface area contributed by atoms with Crippen molar-refractivity contribution in [3.63, 3.8) is 0 Å². The summed E-state index contributed by atoms with van der Waals surface area (Å²) in [5.74, 6) is -0.746. The number of rotatable bonds is 4. The summed E-state index contributed by atoms with van der Waals surface area (Å²) in [6, 6.07) is 9.01. The normalized spacial score (nSPS) is 10.2. The van der Waals surface area contributed by atoms with Crippen molar-refractivity contribution < 1.29 is 19.6 Å². The van der Waals surface area contributed by atoms with Gasteiger partial charge in [-0.05, 0) is 49.2 Å². The van der Waals surface area contributed by atoms with Gasteiger partial charge in [-0.15, -0.1) is 0 Å². The molecule has 0 saturated heterocycles. The molecule has 2 aromatic carbocycles. The third kappa shape index (κ3) is 3.36. The Morgan fingerprint density at radius 2 is 1.76 bits per heavy atom. The molecule has 6 nitrogen and oxygen atoms in total. The van der Waals surface area contributed by atoms with Crippen LogP contribution in [0.5, 0.6) is 11.5 Å². The van der Waals surface area contributed by atoms with E-state index in [1.165, 1.54) is 12.1 Å². The van der Waals surface area contributed by atoms with E-state index in [0.717, 1.165) is 17.2 Å². The number of carboxylic acid groups (broad SMARTS) is 1. The number of carboxylic acids is 1. The van der Waals surface area contributed by atoms with Gasteiger partial charge in [-0.3, -0.25) is 10.1 Å². The van der Waals surface area contributed by atoms with Crippen LogP contribution in [0.2, 0.25) is 0 Å². The number of nitro groups is 1. The van der Waals surface area contributed by atoms with Crippen LogP contribution in [0.3, 0.4) is 0 Å². The van der Waals surface area contributed by atoms with Crippen LogP contribution in [-0.2, 0) is 0 Å². The lowest BCUT2D eigenvalue weighted by Gasteiger charge is -2.08. The Hall–Kier alpha value is -2.89. The van der Waals surface area contributed by atoms with E-state index in [1.807, 2.05) is 19.9 Å². The van der Waals surface area contributed by atoms with Crippen LogP contribution >= 0.6 is 0 Å². The molecular weight excluding hydrogens is 274 g/mol.